The molecule has 56 heavy (non-hydrogen) atoms. The highest BCUT2D eigenvalue weighted by atomic mass is 14.7. The van der Waals surface area contributed by atoms with E-state index in [4.69, 9.17) is 9.97 Å². The van der Waals surface area contributed by atoms with Gasteiger partial charge in [0.05, 0.1) is 22.6 Å². The van der Waals surface area contributed by atoms with Gasteiger partial charge in [0.15, 0.2) is 0 Å². The monoisotopic (exact) mass is 712 g/mol. The van der Waals surface area contributed by atoms with Crippen molar-refractivity contribution in [2.75, 3.05) is 0 Å². The molecule has 0 unspecified atom stereocenters. The standard InChI is InChI=1S/C54H36N2/c1-5-13-37(14-6-1)38-25-28-45(29-26-38)52-35-47(34-51(56-52)43-17-9-3-10-18-43)40-23-21-39(22-24-40)46-30-27-42-31-32-50-54(48(42)33-46)49(41-15-7-2-8-16-41)36-53(55-50)44-19-11-4-12-20-44/h1-36H. The Labute approximate surface area is 327 Å². The molecule has 0 aliphatic carbocycles. The Hall–Kier alpha value is -7.42. The van der Waals surface area contributed by atoms with E-state index in [1.807, 2.05) is 12.1 Å². The molecule has 10 aromatic rings. The molecular weight excluding hydrogens is 677 g/mol. The van der Waals surface area contributed by atoms with E-state index in [-0.39, 0.29) is 0 Å². The van der Waals surface area contributed by atoms with Crippen LogP contribution in [0.3, 0.4) is 0 Å². The van der Waals surface area contributed by atoms with E-state index < -0.39 is 0 Å². The maximum atomic E-state index is 5.20. The molecule has 0 atom stereocenters. The van der Waals surface area contributed by atoms with Gasteiger partial charge >= 0.3 is 0 Å². The Morgan fingerprint density at radius 3 is 1.21 bits per heavy atom. The average Bonchev–Trinajstić information content (AvgIpc) is 3.29. The predicted octanol–water partition coefficient (Wildman–Crippen LogP) is 14.5. The van der Waals surface area contributed by atoms with Gasteiger partial charge in [-0.05, 0) is 85.6 Å². The first-order valence-corrected chi connectivity index (χ1v) is 19.1. The molecule has 0 radical (unpaired) electrons. The van der Waals surface area contributed by atoms with Gasteiger partial charge in [-0.2, -0.15) is 0 Å². The Bertz CT molecular complexity index is 2960. The molecule has 0 bridgehead atoms. The molecule has 0 saturated carbocycles. The summed E-state index contributed by atoms with van der Waals surface area (Å²) in [5.41, 5.74) is 16.5. The number of nitrogens with zero attached hydrogens (tertiary/aromatic N) is 2. The Morgan fingerprint density at radius 1 is 0.250 bits per heavy atom. The predicted molar refractivity (Wildman–Crippen MR) is 235 cm³/mol. The van der Waals surface area contributed by atoms with Gasteiger partial charge in [-0.1, -0.05) is 188 Å². The molecule has 0 amide bonds. The van der Waals surface area contributed by atoms with Crippen LogP contribution in [0, 0.1) is 0 Å². The lowest BCUT2D eigenvalue weighted by Crippen LogP contribution is -1.92. The van der Waals surface area contributed by atoms with Crippen molar-refractivity contribution in [3.63, 3.8) is 0 Å². The van der Waals surface area contributed by atoms with Crippen LogP contribution in [-0.2, 0) is 0 Å². The van der Waals surface area contributed by atoms with Crippen LogP contribution in [0.1, 0.15) is 0 Å². The summed E-state index contributed by atoms with van der Waals surface area (Å²) in [5.74, 6) is 0. The van der Waals surface area contributed by atoms with Gasteiger partial charge in [0.2, 0.25) is 0 Å². The molecule has 0 N–H and O–H groups in total. The zero-order chi connectivity index (χ0) is 37.3. The highest BCUT2D eigenvalue weighted by molar-refractivity contribution is 6.14. The largest absolute Gasteiger partial charge is 0.248 e. The minimum Gasteiger partial charge on any atom is -0.248 e. The fraction of sp³-hybridized carbons (Fsp3) is 0. The van der Waals surface area contributed by atoms with E-state index in [1.54, 1.807) is 0 Å². The molecule has 262 valence electrons. The van der Waals surface area contributed by atoms with Crippen molar-refractivity contribution >= 4 is 21.7 Å². The van der Waals surface area contributed by atoms with E-state index in [9.17, 15) is 0 Å². The number of hydrogen-bond acceptors (Lipinski definition) is 2. The summed E-state index contributed by atoms with van der Waals surface area (Å²) in [5, 5.41) is 3.56. The summed E-state index contributed by atoms with van der Waals surface area (Å²) in [4.78, 5) is 10.4. The molecule has 8 aromatic carbocycles. The fourth-order valence-electron chi connectivity index (χ4n) is 7.76. The summed E-state index contributed by atoms with van der Waals surface area (Å²) in [6, 6.07) is 77.6. The highest BCUT2D eigenvalue weighted by Crippen LogP contribution is 2.39. The maximum Gasteiger partial charge on any atom is 0.0722 e. The summed E-state index contributed by atoms with van der Waals surface area (Å²) >= 11 is 0. The average molecular weight is 713 g/mol. The topological polar surface area (TPSA) is 25.8 Å². The van der Waals surface area contributed by atoms with E-state index in [1.165, 1.54) is 44.0 Å². The number of fused-ring (bicyclic) bond motifs is 3. The Balaban J connectivity index is 1.05. The third kappa shape index (κ3) is 6.44. The minimum atomic E-state index is 0.949. The molecule has 0 saturated heterocycles. The molecule has 10 rings (SSSR count). The zero-order valence-electron chi connectivity index (χ0n) is 30.7. The van der Waals surface area contributed by atoms with Crippen molar-refractivity contribution in [2.45, 2.75) is 0 Å². The van der Waals surface area contributed by atoms with Crippen molar-refractivity contribution in [3.8, 4) is 78.3 Å². The Morgan fingerprint density at radius 2 is 0.643 bits per heavy atom. The smallest absolute Gasteiger partial charge is 0.0722 e. The third-order valence-corrected chi connectivity index (χ3v) is 10.7. The van der Waals surface area contributed by atoms with Gasteiger partial charge in [0, 0.05) is 22.1 Å². The van der Waals surface area contributed by atoms with Crippen molar-refractivity contribution < 1.29 is 0 Å². The first kappa shape index (κ1) is 33.2. The van der Waals surface area contributed by atoms with Crippen LogP contribution in [-0.4, -0.2) is 9.97 Å². The van der Waals surface area contributed by atoms with Crippen LogP contribution in [0.15, 0.2) is 218 Å². The van der Waals surface area contributed by atoms with Crippen molar-refractivity contribution in [3.05, 3.63) is 218 Å². The molecule has 2 aromatic heterocycles. The second-order valence-electron chi connectivity index (χ2n) is 14.2. The lowest BCUT2D eigenvalue weighted by Gasteiger charge is -2.14. The van der Waals surface area contributed by atoms with Crippen LogP contribution in [0.4, 0.5) is 0 Å². The lowest BCUT2D eigenvalue weighted by atomic mass is 9.92. The molecule has 2 heterocycles. The third-order valence-electron chi connectivity index (χ3n) is 10.7. The fourth-order valence-corrected chi connectivity index (χ4v) is 7.76. The van der Waals surface area contributed by atoms with Gasteiger partial charge in [-0.25, -0.2) is 9.97 Å². The molecule has 2 heteroatoms. The lowest BCUT2D eigenvalue weighted by molar-refractivity contribution is 1.32. The van der Waals surface area contributed by atoms with Gasteiger partial charge in [0.25, 0.3) is 0 Å². The van der Waals surface area contributed by atoms with Gasteiger partial charge < -0.3 is 0 Å². The second-order valence-corrected chi connectivity index (χ2v) is 14.2. The second kappa shape index (κ2) is 14.4. The van der Waals surface area contributed by atoms with Crippen molar-refractivity contribution in [2.24, 2.45) is 0 Å². The van der Waals surface area contributed by atoms with Crippen LogP contribution >= 0.6 is 0 Å². The molecular formula is C54H36N2. The number of hydrogen-bond donors (Lipinski definition) is 0. The number of aromatic nitrogens is 2. The molecule has 0 spiro atoms. The summed E-state index contributed by atoms with van der Waals surface area (Å²) < 4.78 is 0. The first-order chi connectivity index (χ1) is 27.7. The van der Waals surface area contributed by atoms with Crippen LogP contribution in [0.25, 0.3) is 100.0 Å². The minimum absolute atomic E-state index is 0.949. The van der Waals surface area contributed by atoms with Crippen LogP contribution in [0.2, 0.25) is 0 Å². The zero-order valence-corrected chi connectivity index (χ0v) is 30.7. The quantitative estimate of drug-likeness (QED) is 0.154. The van der Waals surface area contributed by atoms with Crippen molar-refractivity contribution in [1.29, 1.82) is 0 Å². The van der Waals surface area contributed by atoms with Gasteiger partial charge in [-0.3, -0.25) is 0 Å². The SMILES string of the molecule is c1ccc(-c2ccc(-c3cc(-c4ccc(-c5ccc6ccc7nc(-c8ccccc8)cc(-c8ccccc8)c7c6c5)cc4)cc(-c4ccccc4)n3)cc2)cc1. The highest BCUT2D eigenvalue weighted by Gasteiger charge is 2.15. The molecule has 0 aliphatic rings. The molecule has 2 nitrogen and oxygen atoms in total. The number of pyridine rings is 2. The number of benzene rings is 8. The number of rotatable bonds is 7. The summed E-state index contributed by atoms with van der Waals surface area (Å²) in [6.07, 6.45) is 0. The van der Waals surface area contributed by atoms with Crippen LogP contribution in [0.5, 0.6) is 0 Å². The molecule has 0 aliphatic heterocycles. The summed E-state index contributed by atoms with van der Waals surface area (Å²) in [6.45, 7) is 0. The van der Waals surface area contributed by atoms with E-state index >= 15 is 0 Å². The maximum absolute atomic E-state index is 5.20. The van der Waals surface area contributed by atoms with Gasteiger partial charge in [0.1, 0.15) is 0 Å². The van der Waals surface area contributed by atoms with Crippen LogP contribution < -0.4 is 0 Å². The summed E-state index contributed by atoms with van der Waals surface area (Å²) in [7, 11) is 0. The first-order valence-electron chi connectivity index (χ1n) is 19.1. The van der Waals surface area contributed by atoms with Crippen molar-refractivity contribution in [1.82, 2.24) is 9.97 Å². The van der Waals surface area contributed by atoms with Gasteiger partial charge in [-0.15, -0.1) is 0 Å². The van der Waals surface area contributed by atoms with E-state index in [0.29, 0.717) is 0 Å². The molecule has 0 fully saturated rings. The van der Waals surface area contributed by atoms with E-state index in [0.717, 1.165) is 56.0 Å². The van der Waals surface area contributed by atoms with E-state index in [2.05, 4.69) is 206 Å². The normalized spacial score (nSPS) is 11.2. The Kier molecular flexibility index (Phi) is 8.55.